The highest BCUT2D eigenvalue weighted by Gasteiger charge is 2.28. The molecule has 0 aromatic carbocycles. The second-order valence-corrected chi connectivity index (χ2v) is 8.31. The molecule has 172 valence electrons. The molecule has 0 aliphatic heterocycles. The molecule has 0 aromatic heterocycles. The SMILES string of the molecule is CC(=O)N[C@@H](CC(C)C)C(=O)NC(=O)[C@H](CC(C)C)NC(C=O)CCCNC(=N)N. The van der Waals surface area contributed by atoms with E-state index in [9.17, 15) is 19.2 Å². The van der Waals surface area contributed by atoms with Crippen LogP contribution in [-0.2, 0) is 19.2 Å². The number of rotatable bonds is 14. The van der Waals surface area contributed by atoms with E-state index in [-0.39, 0.29) is 23.7 Å². The van der Waals surface area contributed by atoms with Gasteiger partial charge in [0.25, 0.3) is 0 Å². The Hall–Kier alpha value is -2.49. The lowest BCUT2D eigenvalue weighted by Gasteiger charge is -2.25. The monoisotopic (exact) mass is 426 g/mol. The molecule has 0 aliphatic carbocycles. The maximum Gasteiger partial charge on any atom is 0.249 e. The maximum atomic E-state index is 12.8. The summed E-state index contributed by atoms with van der Waals surface area (Å²) in [5.41, 5.74) is 5.22. The standard InChI is InChI=1S/C20H38N6O4/c1-12(2)9-16(24-14(5)28)18(29)26-19(30)17(10-13(3)4)25-15(11-27)7-6-8-23-20(21)22/h11-13,15-17,25H,6-10H2,1-5H3,(H,24,28)(H4,21,22,23)(H,26,29,30)/t15?,16-,17-/m0/s1. The van der Waals surface area contributed by atoms with Crippen LogP contribution in [-0.4, -0.2) is 54.6 Å². The first-order valence-electron chi connectivity index (χ1n) is 10.4. The summed E-state index contributed by atoms with van der Waals surface area (Å²) in [6.07, 6.45) is 2.59. The largest absolute Gasteiger partial charge is 0.370 e. The number of imide groups is 1. The third-order valence-electron chi connectivity index (χ3n) is 4.26. The molecule has 0 spiro atoms. The fourth-order valence-corrected chi connectivity index (χ4v) is 2.96. The number of hydrogen-bond donors (Lipinski definition) is 6. The molecule has 0 radical (unpaired) electrons. The normalized spacial score (nSPS) is 14.0. The van der Waals surface area contributed by atoms with Gasteiger partial charge in [-0.25, -0.2) is 0 Å². The smallest absolute Gasteiger partial charge is 0.249 e. The van der Waals surface area contributed by atoms with E-state index in [1.54, 1.807) is 0 Å². The van der Waals surface area contributed by atoms with E-state index >= 15 is 0 Å². The molecule has 3 atom stereocenters. The number of carbonyl (C=O) groups excluding carboxylic acids is 4. The first kappa shape index (κ1) is 27.5. The van der Waals surface area contributed by atoms with Crippen LogP contribution in [0.3, 0.4) is 0 Å². The summed E-state index contributed by atoms with van der Waals surface area (Å²) >= 11 is 0. The van der Waals surface area contributed by atoms with Crippen molar-refractivity contribution in [3.8, 4) is 0 Å². The average molecular weight is 427 g/mol. The van der Waals surface area contributed by atoms with Crippen molar-refractivity contribution in [3.05, 3.63) is 0 Å². The highest BCUT2D eigenvalue weighted by molar-refractivity contribution is 6.01. The van der Waals surface area contributed by atoms with Gasteiger partial charge < -0.3 is 21.2 Å². The van der Waals surface area contributed by atoms with E-state index < -0.39 is 29.9 Å². The Morgan fingerprint density at radius 1 is 1.00 bits per heavy atom. The van der Waals surface area contributed by atoms with Crippen molar-refractivity contribution in [3.63, 3.8) is 0 Å². The molecule has 3 amide bonds. The first-order chi connectivity index (χ1) is 14.0. The lowest BCUT2D eigenvalue weighted by atomic mass is 10.00. The summed E-state index contributed by atoms with van der Waals surface area (Å²) < 4.78 is 0. The van der Waals surface area contributed by atoms with Crippen molar-refractivity contribution in [2.24, 2.45) is 17.6 Å². The fraction of sp³-hybridized carbons (Fsp3) is 0.750. The molecule has 1 unspecified atom stereocenters. The minimum atomic E-state index is -0.800. The zero-order chi connectivity index (χ0) is 23.3. The van der Waals surface area contributed by atoms with E-state index in [0.29, 0.717) is 32.2 Å². The second kappa shape index (κ2) is 14.5. The van der Waals surface area contributed by atoms with Crippen LogP contribution < -0.4 is 27.0 Å². The van der Waals surface area contributed by atoms with Crippen molar-refractivity contribution < 1.29 is 19.2 Å². The van der Waals surface area contributed by atoms with Gasteiger partial charge >= 0.3 is 0 Å². The molecular formula is C20H38N6O4. The van der Waals surface area contributed by atoms with Crippen LogP contribution in [0.15, 0.2) is 0 Å². The van der Waals surface area contributed by atoms with Crippen molar-refractivity contribution in [2.45, 2.75) is 78.4 Å². The Bertz CT molecular complexity index is 594. The number of carbonyl (C=O) groups is 4. The molecule has 30 heavy (non-hydrogen) atoms. The molecule has 0 fully saturated rings. The van der Waals surface area contributed by atoms with Gasteiger partial charge in [-0.1, -0.05) is 27.7 Å². The van der Waals surface area contributed by atoms with Crippen LogP contribution >= 0.6 is 0 Å². The highest BCUT2D eigenvalue weighted by Crippen LogP contribution is 2.09. The number of guanidine groups is 1. The van der Waals surface area contributed by atoms with Gasteiger partial charge in [0.15, 0.2) is 5.96 Å². The van der Waals surface area contributed by atoms with Crippen molar-refractivity contribution in [2.75, 3.05) is 6.54 Å². The second-order valence-electron chi connectivity index (χ2n) is 8.31. The third-order valence-corrected chi connectivity index (χ3v) is 4.26. The highest BCUT2D eigenvalue weighted by atomic mass is 16.2. The van der Waals surface area contributed by atoms with E-state index in [1.165, 1.54) is 6.92 Å². The zero-order valence-corrected chi connectivity index (χ0v) is 18.7. The molecule has 0 heterocycles. The minimum absolute atomic E-state index is 0.142. The van der Waals surface area contributed by atoms with Crippen LogP contribution in [0.25, 0.3) is 0 Å². The summed E-state index contributed by atoms with van der Waals surface area (Å²) in [4.78, 5) is 48.2. The zero-order valence-electron chi connectivity index (χ0n) is 18.7. The Kier molecular flexibility index (Phi) is 13.3. The predicted molar refractivity (Wildman–Crippen MR) is 116 cm³/mol. The molecule has 10 nitrogen and oxygen atoms in total. The molecule has 10 heteroatoms. The average Bonchev–Trinajstić information content (AvgIpc) is 2.61. The lowest BCUT2D eigenvalue weighted by Crippen LogP contribution is -2.55. The molecule has 0 saturated heterocycles. The van der Waals surface area contributed by atoms with Gasteiger partial charge in [0.05, 0.1) is 12.1 Å². The topological polar surface area (TPSA) is 166 Å². The van der Waals surface area contributed by atoms with Gasteiger partial charge in [0.1, 0.15) is 12.3 Å². The molecule has 0 saturated carbocycles. The van der Waals surface area contributed by atoms with Gasteiger partial charge in [-0.3, -0.25) is 30.4 Å². The summed E-state index contributed by atoms with van der Waals surface area (Å²) in [6.45, 7) is 9.48. The Balaban J connectivity index is 5.05. The fourth-order valence-electron chi connectivity index (χ4n) is 2.96. The van der Waals surface area contributed by atoms with Crippen LogP contribution in [0.1, 0.15) is 60.3 Å². The van der Waals surface area contributed by atoms with Crippen molar-refractivity contribution in [1.82, 2.24) is 21.3 Å². The Morgan fingerprint density at radius 2 is 1.53 bits per heavy atom. The number of nitrogens with one attached hydrogen (secondary N) is 5. The first-order valence-corrected chi connectivity index (χ1v) is 10.4. The summed E-state index contributed by atoms with van der Waals surface area (Å²) in [5, 5.41) is 17.8. The molecule has 0 aromatic rings. The number of nitrogens with two attached hydrogens (primary N) is 1. The summed E-state index contributed by atoms with van der Waals surface area (Å²) in [5.74, 6) is -1.28. The molecular weight excluding hydrogens is 388 g/mol. The Morgan fingerprint density at radius 3 is 2.00 bits per heavy atom. The summed E-state index contributed by atoms with van der Waals surface area (Å²) in [6, 6.07) is -2.11. The van der Waals surface area contributed by atoms with Gasteiger partial charge in [-0.2, -0.15) is 0 Å². The third kappa shape index (κ3) is 12.9. The number of amides is 3. The molecule has 7 N–H and O–H groups in total. The van der Waals surface area contributed by atoms with E-state index in [4.69, 9.17) is 11.1 Å². The van der Waals surface area contributed by atoms with Gasteiger partial charge in [-0.15, -0.1) is 0 Å². The van der Waals surface area contributed by atoms with Crippen LogP contribution in [0, 0.1) is 17.2 Å². The van der Waals surface area contributed by atoms with Gasteiger partial charge in [0, 0.05) is 13.5 Å². The van der Waals surface area contributed by atoms with Crippen LogP contribution in [0.2, 0.25) is 0 Å². The Labute approximate surface area is 179 Å². The van der Waals surface area contributed by atoms with Gasteiger partial charge in [-0.05, 0) is 37.5 Å². The molecule has 0 aliphatic rings. The number of hydrogen-bond acceptors (Lipinski definition) is 6. The summed E-state index contributed by atoms with van der Waals surface area (Å²) in [7, 11) is 0. The minimum Gasteiger partial charge on any atom is -0.370 e. The predicted octanol–water partition coefficient (Wildman–Crippen LogP) is 0.0151. The van der Waals surface area contributed by atoms with E-state index in [0.717, 1.165) is 6.29 Å². The van der Waals surface area contributed by atoms with E-state index in [1.807, 2.05) is 27.7 Å². The van der Waals surface area contributed by atoms with Crippen LogP contribution in [0.5, 0.6) is 0 Å². The molecule has 0 bridgehead atoms. The van der Waals surface area contributed by atoms with E-state index in [2.05, 4.69) is 21.3 Å². The lowest BCUT2D eigenvalue weighted by molar-refractivity contribution is -0.135. The maximum absolute atomic E-state index is 12.8. The quantitative estimate of drug-likeness (QED) is 0.0985. The van der Waals surface area contributed by atoms with Crippen molar-refractivity contribution >= 4 is 30.0 Å². The molecule has 0 rings (SSSR count). The number of aldehydes is 1. The van der Waals surface area contributed by atoms with Crippen molar-refractivity contribution in [1.29, 1.82) is 5.41 Å². The van der Waals surface area contributed by atoms with Crippen LogP contribution in [0.4, 0.5) is 0 Å². The van der Waals surface area contributed by atoms with Gasteiger partial charge in [0.2, 0.25) is 17.7 Å².